The first kappa shape index (κ1) is 17.0. The summed E-state index contributed by atoms with van der Waals surface area (Å²) in [5.74, 6) is 1.85. The minimum atomic E-state index is -0.402. The van der Waals surface area contributed by atoms with Crippen LogP contribution in [0.25, 0.3) is 0 Å². The van der Waals surface area contributed by atoms with Crippen molar-refractivity contribution in [3.8, 4) is 17.2 Å². The van der Waals surface area contributed by atoms with Gasteiger partial charge in [0.25, 0.3) is 0 Å². The van der Waals surface area contributed by atoms with Crippen molar-refractivity contribution in [3.05, 3.63) is 36.4 Å². The molecule has 0 radical (unpaired) electrons. The molecule has 1 fully saturated rings. The molecule has 1 saturated heterocycles. The predicted octanol–water partition coefficient (Wildman–Crippen LogP) is 3.19. The molecule has 2 aromatic carbocycles. The summed E-state index contributed by atoms with van der Waals surface area (Å²) >= 11 is 0. The largest absolute Gasteiger partial charge is 0.494 e. The Balaban J connectivity index is 1.45. The summed E-state index contributed by atoms with van der Waals surface area (Å²) in [7, 11) is 1.54. The van der Waals surface area contributed by atoms with E-state index < -0.39 is 6.03 Å². The van der Waals surface area contributed by atoms with Gasteiger partial charge in [0.05, 0.1) is 12.8 Å². The third kappa shape index (κ3) is 3.46. The molecule has 2 aliphatic rings. The maximum absolute atomic E-state index is 12.3. The van der Waals surface area contributed by atoms with Gasteiger partial charge in [0, 0.05) is 36.5 Å². The summed E-state index contributed by atoms with van der Waals surface area (Å²) in [5.41, 5.74) is 1.85. The van der Waals surface area contributed by atoms with E-state index in [0.717, 1.165) is 6.42 Å². The second-order valence-electron chi connectivity index (χ2n) is 6.18. The monoisotopic (exact) mass is 369 g/mol. The summed E-state index contributed by atoms with van der Waals surface area (Å²) in [4.78, 5) is 25.9. The first-order valence-electron chi connectivity index (χ1n) is 8.60. The normalized spacial score (nSPS) is 15.0. The van der Waals surface area contributed by atoms with Crippen LogP contribution in [-0.4, -0.2) is 32.4 Å². The zero-order chi connectivity index (χ0) is 18.8. The lowest BCUT2D eigenvalue weighted by molar-refractivity contribution is -0.117. The van der Waals surface area contributed by atoms with Gasteiger partial charge in [-0.05, 0) is 30.7 Å². The number of rotatable bonds is 4. The van der Waals surface area contributed by atoms with E-state index in [1.165, 1.54) is 7.11 Å². The first-order valence-corrected chi connectivity index (χ1v) is 8.60. The summed E-state index contributed by atoms with van der Waals surface area (Å²) in [6, 6.07) is 9.98. The molecule has 8 heteroatoms. The van der Waals surface area contributed by atoms with Gasteiger partial charge in [0.1, 0.15) is 5.75 Å². The molecule has 2 N–H and O–H groups in total. The van der Waals surface area contributed by atoms with Crippen molar-refractivity contribution >= 4 is 29.0 Å². The van der Waals surface area contributed by atoms with Crippen LogP contribution in [0.2, 0.25) is 0 Å². The topological polar surface area (TPSA) is 89.1 Å². The first-order chi connectivity index (χ1) is 13.1. The molecule has 0 bridgehead atoms. The van der Waals surface area contributed by atoms with E-state index in [9.17, 15) is 9.59 Å². The number of benzene rings is 2. The fraction of sp³-hybridized carbons (Fsp3) is 0.263. The molecule has 3 amide bonds. The lowest BCUT2D eigenvalue weighted by atomic mass is 10.2. The van der Waals surface area contributed by atoms with Gasteiger partial charge in [0.15, 0.2) is 11.5 Å². The van der Waals surface area contributed by atoms with Crippen LogP contribution < -0.4 is 29.7 Å². The summed E-state index contributed by atoms with van der Waals surface area (Å²) in [6.07, 6.45) is 1.38. The Morgan fingerprint density at radius 1 is 1.07 bits per heavy atom. The van der Waals surface area contributed by atoms with Crippen LogP contribution in [0.1, 0.15) is 12.8 Å². The molecule has 27 heavy (non-hydrogen) atoms. The molecule has 0 aliphatic carbocycles. The Morgan fingerprint density at radius 2 is 1.81 bits per heavy atom. The fourth-order valence-electron chi connectivity index (χ4n) is 3.15. The van der Waals surface area contributed by atoms with E-state index in [2.05, 4.69) is 10.6 Å². The number of methoxy groups -OCH3 is 1. The van der Waals surface area contributed by atoms with Gasteiger partial charge >= 0.3 is 6.03 Å². The lowest BCUT2D eigenvalue weighted by Crippen LogP contribution is -2.24. The zero-order valence-electron chi connectivity index (χ0n) is 14.8. The fourth-order valence-corrected chi connectivity index (χ4v) is 3.15. The Bertz CT molecular complexity index is 899. The lowest BCUT2D eigenvalue weighted by Gasteiger charge is -2.19. The van der Waals surface area contributed by atoms with E-state index in [1.807, 2.05) is 0 Å². The summed E-state index contributed by atoms with van der Waals surface area (Å²) in [6.45, 7) is 0.850. The Morgan fingerprint density at radius 3 is 2.56 bits per heavy atom. The van der Waals surface area contributed by atoms with Gasteiger partial charge in [-0.2, -0.15) is 0 Å². The van der Waals surface area contributed by atoms with Gasteiger partial charge in [-0.3, -0.25) is 4.79 Å². The minimum absolute atomic E-state index is 0.0783. The van der Waals surface area contributed by atoms with Gasteiger partial charge in [-0.1, -0.05) is 0 Å². The van der Waals surface area contributed by atoms with Crippen LogP contribution in [0.5, 0.6) is 17.2 Å². The average Bonchev–Trinajstić information content (AvgIpc) is 3.29. The number of carbonyl (C=O) groups is 2. The quantitative estimate of drug-likeness (QED) is 0.864. The zero-order valence-corrected chi connectivity index (χ0v) is 14.8. The molecule has 0 unspecified atom stereocenters. The van der Waals surface area contributed by atoms with E-state index in [4.69, 9.17) is 14.2 Å². The molecule has 0 spiro atoms. The number of hydrogen-bond donors (Lipinski definition) is 2. The highest BCUT2D eigenvalue weighted by Gasteiger charge is 2.24. The van der Waals surface area contributed by atoms with E-state index in [1.54, 1.807) is 41.3 Å². The minimum Gasteiger partial charge on any atom is -0.494 e. The summed E-state index contributed by atoms with van der Waals surface area (Å²) < 4.78 is 15.9. The molecule has 140 valence electrons. The van der Waals surface area contributed by atoms with Crippen molar-refractivity contribution in [1.29, 1.82) is 0 Å². The van der Waals surface area contributed by atoms with Crippen molar-refractivity contribution in [1.82, 2.24) is 0 Å². The number of anilines is 3. The number of carbonyl (C=O) groups excluding carboxylic acids is 2. The molecule has 0 aromatic heterocycles. The molecule has 0 saturated carbocycles. The summed E-state index contributed by atoms with van der Waals surface area (Å²) in [5, 5.41) is 5.50. The Labute approximate surface area is 156 Å². The Kier molecular flexibility index (Phi) is 4.45. The molecule has 8 nitrogen and oxygen atoms in total. The number of urea groups is 1. The van der Waals surface area contributed by atoms with Crippen LogP contribution in [0.15, 0.2) is 36.4 Å². The van der Waals surface area contributed by atoms with Gasteiger partial charge in [0.2, 0.25) is 12.7 Å². The van der Waals surface area contributed by atoms with Crippen LogP contribution in [-0.2, 0) is 4.79 Å². The molecule has 2 heterocycles. The third-order valence-corrected chi connectivity index (χ3v) is 4.43. The maximum atomic E-state index is 12.3. The standard InChI is InChI=1S/C19H19N3O5/c1-25-16-9-12(4-6-14(16)22-8-2-3-18(22)23)20-19(24)21-13-5-7-15-17(10-13)27-11-26-15/h4-7,9-10H,2-3,8,11H2,1H3,(H2,20,21,24). The van der Waals surface area contributed by atoms with Crippen molar-refractivity contribution < 1.29 is 23.8 Å². The van der Waals surface area contributed by atoms with Gasteiger partial charge in [-0.25, -0.2) is 4.79 Å². The second-order valence-corrected chi connectivity index (χ2v) is 6.18. The van der Waals surface area contributed by atoms with Crippen molar-refractivity contribution in [2.24, 2.45) is 0 Å². The number of fused-ring (bicyclic) bond motifs is 1. The van der Waals surface area contributed by atoms with Gasteiger partial charge < -0.3 is 29.7 Å². The Hall–Kier alpha value is -3.42. The smallest absolute Gasteiger partial charge is 0.323 e. The highest BCUT2D eigenvalue weighted by molar-refractivity contribution is 6.01. The van der Waals surface area contributed by atoms with Crippen LogP contribution in [0, 0.1) is 0 Å². The predicted molar refractivity (Wildman–Crippen MR) is 99.8 cm³/mol. The number of hydrogen-bond acceptors (Lipinski definition) is 5. The van der Waals surface area contributed by atoms with E-state index in [-0.39, 0.29) is 12.7 Å². The molecule has 2 aromatic rings. The molecular formula is C19H19N3O5. The van der Waals surface area contributed by atoms with Crippen LogP contribution in [0.4, 0.5) is 21.9 Å². The number of nitrogens with zero attached hydrogens (tertiary/aromatic N) is 1. The van der Waals surface area contributed by atoms with Crippen molar-refractivity contribution in [2.75, 3.05) is 36.0 Å². The second kappa shape index (κ2) is 7.06. The van der Waals surface area contributed by atoms with Crippen molar-refractivity contribution in [3.63, 3.8) is 0 Å². The van der Waals surface area contributed by atoms with Crippen LogP contribution >= 0.6 is 0 Å². The van der Waals surface area contributed by atoms with E-state index >= 15 is 0 Å². The molecule has 4 rings (SSSR count). The molecular weight excluding hydrogens is 350 g/mol. The highest BCUT2D eigenvalue weighted by Crippen LogP contribution is 2.35. The van der Waals surface area contributed by atoms with E-state index in [0.29, 0.717) is 47.3 Å². The number of ether oxygens (including phenoxy) is 3. The molecule has 2 aliphatic heterocycles. The van der Waals surface area contributed by atoms with Crippen molar-refractivity contribution in [2.45, 2.75) is 12.8 Å². The average molecular weight is 369 g/mol. The number of nitrogens with one attached hydrogen (secondary N) is 2. The maximum Gasteiger partial charge on any atom is 0.323 e. The number of amides is 3. The van der Waals surface area contributed by atoms with Crippen LogP contribution in [0.3, 0.4) is 0 Å². The highest BCUT2D eigenvalue weighted by atomic mass is 16.7. The third-order valence-electron chi connectivity index (χ3n) is 4.43. The SMILES string of the molecule is COc1cc(NC(=O)Nc2ccc3c(c2)OCO3)ccc1N1CCCC1=O. The molecule has 0 atom stereocenters. The van der Waals surface area contributed by atoms with Gasteiger partial charge in [-0.15, -0.1) is 0 Å².